The third kappa shape index (κ3) is 5.43. The van der Waals surface area contributed by atoms with Gasteiger partial charge in [0.1, 0.15) is 17.3 Å². The minimum Gasteiger partial charge on any atom is -0.497 e. The second-order valence-electron chi connectivity index (χ2n) is 6.79. The van der Waals surface area contributed by atoms with Crippen LogP contribution in [0.2, 0.25) is 0 Å². The van der Waals surface area contributed by atoms with Crippen LogP contribution < -0.4 is 14.8 Å². The van der Waals surface area contributed by atoms with Crippen LogP contribution in [-0.2, 0) is 11.3 Å². The molecule has 1 saturated heterocycles. The molecule has 1 amide bonds. The summed E-state index contributed by atoms with van der Waals surface area (Å²) < 4.78 is 23.7. The molecule has 0 aliphatic carbocycles. The second kappa shape index (κ2) is 9.52. The first kappa shape index (κ1) is 20.1. The fourth-order valence-corrected chi connectivity index (χ4v) is 3.29. The average molecular weight is 387 g/mol. The van der Waals surface area contributed by atoms with Gasteiger partial charge in [-0.1, -0.05) is 0 Å². The van der Waals surface area contributed by atoms with Crippen LogP contribution >= 0.6 is 0 Å². The van der Waals surface area contributed by atoms with Crippen molar-refractivity contribution in [2.24, 2.45) is 0 Å². The van der Waals surface area contributed by atoms with Crippen molar-refractivity contribution < 1.29 is 18.7 Å². The Hall–Kier alpha value is -2.64. The van der Waals surface area contributed by atoms with Crippen molar-refractivity contribution >= 4 is 11.6 Å². The molecular formula is C21H26FN3O3. The monoisotopic (exact) mass is 387 g/mol. The molecule has 28 heavy (non-hydrogen) atoms. The summed E-state index contributed by atoms with van der Waals surface area (Å²) in [5, 5.41) is 2.80. The van der Waals surface area contributed by atoms with Gasteiger partial charge >= 0.3 is 0 Å². The Labute approximate surface area is 164 Å². The van der Waals surface area contributed by atoms with Crippen molar-refractivity contribution in [1.82, 2.24) is 9.80 Å². The first-order chi connectivity index (χ1) is 13.6. The van der Waals surface area contributed by atoms with Crippen molar-refractivity contribution in [1.29, 1.82) is 0 Å². The number of carbonyl (C=O) groups is 1. The summed E-state index contributed by atoms with van der Waals surface area (Å²) in [7, 11) is 3.32. The number of ether oxygens (including phenoxy) is 2. The minimum atomic E-state index is -0.318. The van der Waals surface area contributed by atoms with Gasteiger partial charge in [-0.05, 0) is 42.5 Å². The predicted molar refractivity (Wildman–Crippen MR) is 106 cm³/mol. The third-order valence-electron chi connectivity index (χ3n) is 4.84. The smallest absolute Gasteiger partial charge is 0.238 e. The first-order valence-electron chi connectivity index (χ1n) is 9.28. The van der Waals surface area contributed by atoms with Gasteiger partial charge in [-0.15, -0.1) is 0 Å². The maximum Gasteiger partial charge on any atom is 0.238 e. The van der Waals surface area contributed by atoms with Crippen molar-refractivity contribution in [3.8, 4) is 11.5 Å². The predicted octanol–water partition coefficient (Wildman–Crippen LogP) is 2.60. The number of hydrogen-bond acceptors (Lipinski definition) is 5. The highest BCUT2D eigenvalue weighted by Crippen LogP contribution is 2.25. The topological polar surface area (TPSA) is 54.0 Å². The zero-order valence-electron chi connectivity index (χ0n) is 16.3. The Bertz CT molecular complexity index is 790. The molecule has 150 valence electrons. The van der Waals surface area contributed by atoms with Crippen molar-refractivity contribution in [3.05, 3.63) is 53.8 Å². The molecule has 0 aromatic heterocycles. The van der Waals surface area contributed by atoms with Crippen LogP contribution in [0.3, 0.4) is 0 Å². The van der Waals surface area contributed by atoms with Gasteiger partial charge < -0.3 is 14.8 Å². The number of piperazine rings is 1. The largest absolute Gasteiger partial charge is 0.497 e. The van der Waals surface area contributed by atoms with Gasteiger partial charge in [0.15, 0.2) is 0 Å². The molecule has 1 aliphatic heterocycles. The molecular weight excluding hydrogens is 361 g/mol. The number of carbonyl (C=O) groups excluding carboxylic acids is 1. The van der Waals surface area contributed by atoms with Crippen LogP contribution in [-0.4, -0.2) is 62.7 Å². The number of anilines is 1. The molecule has 7 heteroatoms. The summed E-state index contributed by atoms with van der Waals surface area (Å²) >= 11 is 0. The average Bonchev–Trinajstić information content (AvgIpc) is 2.71. The molecule has 2 aromatic rings. The van der Waals surface area contributed by atoms with Gasteiger partial charge in [0.2, 0.25) is 5.91 Å². The summed E-state index contributed by atoms with van der Waals surface area (Å²) in [6.07, 6.45) is 0. The number of benzene rings is 2. The lowest BCUT2D eigenvalue weighted by Gasteiger charge is -2.34. The van der Waals surface area contributed by atoms with E-state index in [1.807, 2.05) is 18.2 Å². The van der Waals surface area contributed by atoms with E-state index < -0.39 is 0 Å². The van der Waals surface area contributed by atoms with E-state index in [2.05, 4.69) is 15.1 Å². The maximum absolute atomic E-state index is 12.9. The van der Waals surface area contributed by atoms with Crippen molar-refractivity contribution in [3.63, 3.8) is 0 Å². The fraction of sp³-hybridized carbons (Fsp3) is 0.381. The van der Waals surface area contributed by atoms with E-state index in [1.54, 1.807) is 26.4 Å². The van der Waals surface area contributed by atoms with Crippen LogP contribution in [0.1, 0.15) is 5.56 Å². The molecule has 6 nitrogen and oxygen atoms in total. The minimum absolute atomic E-state index is 0.0884. The van der Waals surface area contributed by atoms with E-state index in [4.69, 9.17) is 9.47 Å². The first-order valence-corrected chi connectivity index (χ1v) is 9.28. The van der Waals surface area contributed by atoms with Gasteiger partial charge in [0.05, 0.1) is 20.8 Å². The van der Waals surface area contributed by atoms with E-state index in [0.29, 0.717) is 12.2 Å². The maximum atomic E-state index is 12.9. The Morgan fingerprint density at radius 2 is 1.68 bits per heavy atom. The molecule has 0 atom stereocenters. The van der Waals surface area contributed by atoms with Gasteiger partial charge in [0.25, 0.3) is 0 Å². The molecule has 1 heterocycles. The lowest BCUT2D eigenvalue weighted by atomic mass is 10.1. The molecule has 0 unspecified atom stereocenters. The highest BCUT2D eigenvalue weighted by Gasteiger charge is 2.20. The van der Waals surface area contributed by atoms with Gasteiger partial charge in [-0.25, -0.2) is 4.39 Å². The molecule has 0 bridgehead atoms. The number of halogens is 1. The summed E-state index contributed by atoms with van der Waals surface area (Å²) in [4.78, 5) is 16.7. The van der Waals surface area contributed by atoms with E-state index in [-0.39, 0.29) is 11.7 Å². The van der Waals surface area contributed by atoms with E-state index in [0.717, 1.165) is 49.8 Å². The second-order valence-corrected chi connectivity index (χ2v) is 6.79. The lowest BCUT2D eigenvalue weighted by Crippen LogP contribution is -2.48. The SMILES string of the molecule is COc1ccc(OC)c(CN2CCN(CC(=O)Nc3ccc(F)cc3)CC2)c1. The normalized spacial score (nSPS) is 15.2. The summed E-state index contributed by atoms with van der Waals surface area (Å²) in [5.41, 5.74) is 1.69. The highest BCUT2D eigenvalue weighted by atomic mass is 19.1. The molecule has 1 N–H and O–H groups in total. The molecule has 0 saturated carbocycles. The summed E-state index contributed by atoms with van der Waals surface area (Å²) in [6.45, 7) is 4.45. The highest BCUT2D eigenvalue weighted by molar-refractivity contribution is 5.92. The van der Waals surface area contributed by atoms with Crippen molar-refractivity contribution in [2.45, 2.75) is 6.54 Å². The molecule has 0 radical (unpaired) electrons. The molecule has 1 fully saturated rings. The van der Waals surface area contributed by atoms with Crippen LogP contribution in [0.15, 0.2) is 42.5 Å². The number of methoxy groups -OCH3 is 2. The van der Waals surface area contributed by atoms with E-state index in [9.17, 15) is 9.18 Å². The molecule has 0 spiro atoms. The zero-order chi connectivity index (χ0) is 19.9. The standard InChI is InChI=1S/C21H26FN3O3/c1-27-19-7-8-20(28-2)16(13-19)14-24-9-11-25(12-10-24)15-21(26)23-18-5-3-17(22)4-6-18/h3-8,13H,9-12,14-15H2,1-2H3,(H,23,26). The number of rotatable bonds is 7. The van der Waals surface area contributed by atoms with Crippen LogP contribution in [0.25, 0.3) is 0 Å². The Balaban J connectivity index is 1.48. The number of hydrogen-bond donors (Lipinski definition) is 1. The van der Waals surface area contributed by atoms with Crippen LogP contribution in [0.5, 0.6) is 11.5 Å². The van der Waals surface area contributed by atoms with E-state index in [1.165, 1.54) is 12.1 Å². The third-order valence-corrected chi connectivity index (χ3v) is 4.84. The lowest BCUT2D eigenvalue weighted by molar-refractivity contribution is -0.117. The molecule has 3 rings (SSSR count). The molecule has 1 aliphatic rings. The number of nitrogens with zero attached hydrogens (tertiary/aromatic N) is 2. The summed E-state index contributed by atoms with van der Waals surface area (Å²) in [6, 6.07) is 11.6. The Morgan fingerprint density at radius 1 is 1.00 bits per heavy atom. The van der Waals surface area contributed by atoms with Gasteiger partial charge in [-0.3, -0.25) is 14.6 Å². The Kier molecular flexibility index (Phi) is 6.84. The van der Waals surface area contributed by atoms with Crippen molar-refractivity contribution in [2.75, 3.05) is 52.3 Å². The number of nitrogens with one attached hydrogen (secondary N) is 1. The van der Waals surface area contributed by atoms with E-state index >= 15 is 0 Å². The van der Waals surface area contributed by atoms with Crippen LogP contribution in [0.4, 0.5) is 10.1 Å². The van der Waals surface area contributed by atoms with Gasteiger partial charge in [0, 0.05) is 44.0 Å². The quantitative estimate of drug-likeness (QED) is 0.792. The Morgan fingerprint density at radius 3 is 2.32 bits per heavy atom. The molecule has 2 aromatic carbocycles. The number of amides is 1. The van der Waals surface area contributed by atoms with Gasteiger partial charge in [-0.2, -0.15) is 0 Å². The van der Waals surface area contributed by atoms with Crippen LogP contribution in [0, 0.1) is 5.82 Å². The fourth-order valence-electron chi connectivity index (χ4n) is 3.29. The summed E-state index contributed by atoms with van der Waals surface area (Å²) in [5.74, 6) is 1.25. The zero-order valence-corrected chi connectivity index (χ0v) is 16.3.